The predicted octanol–water partition coefficient (Wildman–Crippen LogP) is 3.53. The SMILES string of the molecule is CC(Oc1ccccc1)c1ccccc1C(=O)C#N. The summed E-state index contributed by atoms with van der Waals surface area (Å²) in [5.41, 5.74) is 1.12. The van der Waals surface area contributed by atoms with E-state index in [1.165, 1.54) is 0 Å². The standard InChI is InChI=1S/C16H13NO2/c1-12(19-13-7-3-2-4-8-13)14-9-5-6-10-15(14)16(18)11-17/h2-10,12H,1H3. The van der Waals surface area contributed by atoms with E-state index in [0.717, 1.165) is 11.3 Å². The fourth-order valence-corrected chi connectivity index (χ4v) is 1.89. The third-order valence-electron chi connectivity index (χ3n) is 2.80. The summed E-state index contributed by atoms with van der Waals surface area (Å²) in [5, 5.41) is 8.74. The number of hydrogen-bond donors (Lipinski definition) is 0. The molecule has 0 saturated heterocycles. The quantitative estimate of drug-likeness (QED) is 0.617. The molecule has 0 aliphatic heterocycles. The summed E-state index contributed by atoms with van der Waals surface area (Å²) < 4.78 is 5.77. The van der Waals surface area contributed by atoms with Crippen LogP contribution in [0.2, 0.25) is 0 Å². The highest BCUT2D eigenvalue weighted by Gasteiger charge is 2.16. The summed E-state index contributed by atoms with van der Waals surface area (Å²) >= 11 is 0. The molecule has 0 bridgehead atoms. The van der Waals surface area contributed by atoms with Crippen LogP contribution in [0, 0.1) is 11.3 Å². The Morgan fingerprint density at radius 1 is 1.11 bits per heavy atom. The second-order valence-electron chi connectivity index (χ2n) is 4.10. The highest BCUT2D eigenvalue weighted by atomic mass is 16.5. The lowest BCUT2D eigenvalue weighted by molar-refractivity contribution is 0.104. The predicted molar refractivity (Wildman–Crippen MR) is 71.9 cm³/mol. The molecule has 0 aromatic heterocycles. The Bertz CT molecular complexity index is 614. The molecular formula is C16H13NO2. The topological polar surface area (TPSA) is 50.1 Å². The van der Waals surface area contributed by atoms with Gasteiger partial charge in [-0.1, -0.05) is 36.4 Å². The molecule has 0 amide bonds. The van der Waals surface area contributed by atoms with E-state index in [1.807, 2.05) is 43.3 Å². The van der Waals surface area contributed by atoms with Gasteiger partial charge in [0, 0.05) is 11.1 Å². The first-order valence-corrected chi connectivity index (χ1v) is 5.97. The minimum atomic E-state index is -0.542. The number of Topliss-reactive ketones (excluding diaryl/α,β-unsaturated/α-hetero) is 1. The molecule has 0 radical (unpaired) electrons. The fraction of sp³-hybridized carbons (Fsp3) is 0.125. The van der Waals surface area contributed by atoms with Crippen LogP contribution in [0.4, 0.5) is 0 Å². The number of benzene rings is 2. The molecule has 0 fully saturated rings. The lowest BCUT2D eigenvalue weighted by Gasteiger charge is -2.16. The largest absolute Gasteiger partial charge is 0.486 e. The van der Waals surface area contributed by atoms with E-state index in [0.29, 0.717) is 5.56 Å². The van der Waals surface area contributed by atoms with Gasteiger partial charge in [0.1, 0.15) is 17.9 Å². The molecule has 0 saturated carbocycles. The van der Waals surface area contributed by atoms with Crippen LogP contribution in [0.3, 0.4) is 0 Å². The van der Waals surface area contributed by atoms with Gasteiger partial charge in [-0.2, -0.15) is 5.26 Å². The van der Waals surface area contributed by atoms with Gasteiger partial charge in [-0.05, 0) is 25.1 Å². The van der Waals surface area contributed by atoms with E-state index in [1.54, 1.807) is 24.3 Å². The number of carbonyl (C=O) groups excluding carboxylic acids is 1. The number of rotatable bonds is 4. The van der Waals surface area contributed by atoms with Crippen LogP contribution in [0.25, 0.3) is 0 Å². The molecule has 0 aliphatic carbocycles. The highest BCUT2D eigenvalue weighted by Crippen LogP contribution is 2.24. The number of para-hydroxylation sites is 1. The number of hydrogen-bond acceptors (Lipinski definition) is 3. The van der Waals surface area contributed by atoms with Gasteiger partial charge in [0.05, 0.1) is 0 Å². The van der Waals surface area contributed by atoms with Crippen molar-refractivity contribution in [2.75, 3.05) is 0 Å². The van der Waals surface area contributed by atoms with Gasteiger partial charge in [-0.3, -0.25) is 4.79 Å². The first-order valence-electron chi connectivity index (χ1n) is 5.97. The third-order valence-corrected chi connectivity index (χ3v) is 2.80. The van der Waals surface area contributed by atoms with Crippen molar-refractivity contribution >= 4 is 5.78 Å². The molecule has 1 atom stereocenters. The van der Waals surface area contributed by atoms with E-state index in [4.69, 9.17) is 10.00 Å². The first-order chi connectivity index (χ1) is 9.22. The van der Waals surface area contributed by atoms with Crippen molar-refractivity contribution in [3.8, 4) is 11.8 Å². The molecule has 2 rings (SSSR count). The molecule has 0 spiro atoms. The summed E-state index contributed by atoms with van der Waals surface area (Å²) in [4.78, 5) is 11.6. The lowest BCUT2D eigenvalue weighted by Crippen LogP contribution is -2.09. The zero-order valence-corrected chi connectivity index (χ0v) is 10.5. The smallest absolute Gasteiger partial charge is 0.262 e. The Morgan fingerprint density at radius 2 is 1.74 bits per heavy atom. The Hall–Kier alpha value is -2.60. The average molecular weight is 251 g/mol. The summed E-state index contributed by atoms with van der Waals surface area (Å²) in [7, 11) is 0. The van der Waals surface area contributed by atoms with Gasteiger partial charge >= 0.3 is 0 Å². The number of ether oxygens (including phenoxy) is 1. The molecule has 94 valence electrons. The van der Waals surface area contributed by atoms with Gasteiger partial charge in [0.2, 0.25) is 0 Å². The molecule has 1 unspecified atom stereocenters. The van der Waals surface area contributed by atoms with Crippen LogP contribution in [0.1, 0.15) is 28.9 Å². The zero-order chi connectivity index (χ0) is 13.7. The van der Waals surface area contributed by atoms with E-state index in [-0.39, 0.29) is 6.10 Å². The van der Waals surface area contributed by atoms with Crippen LogP contribution in [0.5, 0.6) is 5.75 Å². The maximum Gasteiger partial charge on any atom is 0.262 e. The van der Waals surface area contributed by atoms with Crippen LogP contribution in [-0.2, 0) is 0 Å². The number of nitriles is 1. The van der Waals surface area contributed by atoms with Crippen molar-refractivity contribution < 1.29 is 9.53 Å². The fourth-order valence-electron chi connectivity index (χ4n) is 1.89. The van der Waals surface area contributed by atoms with E-state index in [2.05, 4.69) is 0 Å². The van der Waals surface area contributed by atoms with Crippen molar-refractivity contribution in [1.82, 2.24) is 0 Å². The number of nitrogens with zero attached hydrogens (tertiary/aromatic N) is 1. The average Bonchev–Trinajstić information content (AvgIpc) is 2.47. The van der Waals surface area contributed by atoms with Gasteiger partial charge < -0.3 is 4.74 Å². The van der Waals surface area contributed by atoms with Crippen LogP contribution >= 0.6 is 0 Å². The second-order valence-corrected chi connectivity index (χ2v) is 4.10. The Morgan fingerprint density at radius 3 is 2.42 bits per heavy atom. The molecule has 3 nitrogen and oxygen atoms in total. The van der Waals surface area contributed by atoms with Gasteiger partial charge in [-0.15, -0.1) is 0 Å². The van der Waals surface area contributed by atoms with Crippen molar-refractivity contribution in [2.45, 2.75) is 13.0 Å². The van der Waals surface area contributed by atoms with Crippen LogP contribution in [0.15, 0.2) is 54.6 Å². The van der Waals surface area contributed by atoms with Gasteiger partial charge in [0.15, 0.2) is 0 Å². The van der Waals surface area contributed by atoms with E-state index < -0.39 is 5.78 Å². The molecule has 0 heterocycles. The van der Waals surface area contributed by atoms with Crippen molar-refractivity contribution in [1.29, 1.82) is 5.26 Å². The Balaban J connectivity index is 2.27. The minimum absolute atomic E-state index is 0.295. The molecule has 2 aromatic rings. The lowest BCUT2D eigenvalue weighted by atomic mass is 10.0. The Kier molecular flexibility index (Phi) is 3.94. The Labute approximate surface area is 112 Å². The maximum absolute atomic E-state index is 11.6. The molecule has 2 aromatic carbocycles. The maximum atomic E-state index is 11.6. The van der Waals surface area contributed by atoms with Crippen molar-refractivity contribution in [2.24, 2.45) is 0 Å². The van der Waals surface area contributed by atoms with Crippen molar-refractivity contribution in [3.63, 3.8) is 0 Å². The van der Waals surface area contributed by atoms with Gasteiger partial charge in [-0.25, -0.2) is 0 Å². The third kappa shape index (κ3) is 2.99. The summed E-state index contributed by atoms with van der Waals surface area (Å²) in [6.07, 6.45) is -0.295. The highest BCUT2D eigenvalue weighted by molar-refractivity contribution is 6.08. The zero-order valence-electron chi connectivity index (χ0n) is 10.5. The molecule has 19 heavy (non-hydrogen) atoms. The monoisotopic (exact) mass is 251 g/mol. The summed E-state index contributed by atoms with van der Waals surface area (Å²) in [5.74, 6) is 0.188. The molecule has 3 heteroatoms. The summed E-state index contributed by atoms with van der Waals surface area (Å²) in [6.45, 7) is 1.86. The molecule has 0 N–H and O–H groups in total. The normalized spacial score (nSPS) is 11.4. The molecular weight excluding hydrogens is 238 g/mol. The second kappa shape index (κ2) is 5.83. The van der Waals surface area contributed by atoms with Gasteiger partial charge in [0.25, 0.3) is 5.78 Å². The van der Waals surface area contributed by atoms with E-state index >= 15 is 0 Å². The van der Waals surface area contributed by atoms with Crippen LogP contribution in [-0.4, -0.2) is 5.78 Å². The van der Waals surface area contributed by atoms with Crippen LogP contribution < -0.4 is 4.74 Å². The number of carbonyl (C=O) groups is 1. The number of ketones is 1. The summed E-state index contributed by atoms with van der Waals surface area (Å²) in [6, 6.07) is 18.0. The minimum Gasteiger partial charge on any atom is -0.486 e. The van der Waals surface area contributed by atoms with Crippen molar-refractivity contribution in [3.05, 3.63) is 65.7 Å². The molecule has 0 aliphatic rings. The first kappa shape index (κ1) is 12.8. The van der Waals surface area contributed by atoms with E-state index in [9.17, 15) is 4.79 Å².